The molecular formula is C43H29N3Si. The molecular weight excluding hydrogens is 587 g/mol. The third-order valence-corrected chi connectivity index (χ3v) is 13.8. The van der Waals surface area contributed by atoms with Crippen LogP contribution >= 0.6 is 0 Å². The highest BCUT2D eigenvalue weighted by Gasteiger charge is 2.38. The molecule has 4 heteroatoms. The number of pyridine rings is 3. The molecule has 47 heavy (non-hydrogen) atoms. The maximum Gasteiger partial charge on any atom is 0.114 e. The van der Waals surface area contributed by atoms with Crippen LogP contribution in [0.15, 0.2) is 140 Å². The van der Waals surface area contributed by atoms with Crippen molar-refractivity contribution in [3.8, 4) is 33.6 Å². The van der Waals surface area contributed by atoms with Crippen molar-refractivity contribution in [2.45, 2.75) is 13.1 Å². The summed E-state index contributed by atoms with van der Waals surface area (Å²) in [5.41, 5.74) is 9.93. The molecule has 0 bridgehead atoms. The van der Waals surface area contributed by atoms with Crippen LogP contribution in [0.4, 0.5) is 0 Å². The van der Waals surface area contributed by atoms with Gasteiger partial charge in [-0.3, -0.25) is 4.98 Å². The normalized spacial score (nSPS) is 13.5. The molecule has 0 N–H and O–H groups in total. The number of benzene rings is 6. The van der Waals surface area contributed by atoms with Crippen LogP contribution in [0.25, 0.3) is 87.9 Å². The van der Waals surface area contributed by atoms with Gasteiger partial charge in [0.1, 0.15) is 8.07 Å². The zero-order valence-corrected chi connectivity index (χ0v) is 27.1. The smallest absolute Gasteiger partial charge is 0.114 e. The van der Waals surface area contributed by atoms with Crippen LogP contribution in [-0.2, 0) is 0 Å². The van der Waals surface area contributed by atoms with Gasteiger partial charge in [0, 0.05) is 33.5 Å². The first kappa shape index (κ1) is 26.5. The topological polar surface area (TPSA) is 38.7 Å². The maximum absolute atomic E-state index is 5.43. The lowest BCUT2D eigenvalue weighted by molar-refractivity contribution is 1.38. The van der Waals surface area contributed by atoms with Crippen molar-refractivity contribution in [1.29, 1.82) is 0 Å². The summed E-state index contributed by atoms with van der Waals surface area (Å²) in [4.78, 5) is 15.5. The van der Waals surface area contributed by atoms with Crippen LogP contribution in [0.5, 0.6) is 0 Å². The lowest BCUT2D eigenvalue weighted by Crippen LogP contribution is -2.49. The summed E-state index contributed by atoms with van der Waals surface area (Å²) >= 11 is 0. The Kier molecular flexibility index (Phi) is 5.44. The molecule has 0 atom stereocenters. The van der Waals surface area contributed by atoms with E-state index in [0.717, 1.165) is 49.8 Å². The Morgan fingerprint density at radius 2 is 1.04 bits per heavy atom. The molecule has 0 amide bonds. The highest BCUT2D eigenvalue weighted by Crippen LogP contribution is 2.43. The Bertz CT molecular complexity index is 2720. The van der Waals surface area contributed by atoms with E-state index in [9.17, 15) is 0 Å². The molecule has 0 radical (unpaired) electrons. The van der Waals surface area contributed by atoms with Crippen molar-refractivity contribution in [1.82, 2.24) is 15.0 Å². The Balaban J connectivity index is 1.23. The molecule has 1 aliphatic heterocycles. The highest BCUT2D eigenvalue weighted by molar-refractivity contribution is 7.05. The van der Waals surface area contributed by atoms with Crippen molar-refractivity contribution in [3.63, 3.8) is 0 Å². The molecule has 1 aliphatic rings. The first-order chi connectivity index (χ1) is 23.1. The minimum atomic E-state index is -1.86. The molecule has 4 heterocycles. The van der Waals surface area contributed by atoms with E-state index in [-0.39, 0.29) is 0 Å². The predicted octanol–water partition coefficient (Wildman–Crippen LogP) is 9.77. The van der Waals surface area contributed by atoms with E-state index in [1.54, 1.807) is 0 Å². The number of rotatable bonds is 2. The zero-order chi connectivity index (χ0) is 31.3. The third kappa shape index (κ3) is 3.70. The summed E-state index contributed by atoms with van der Waals surface area (Å²) in [5.74, 6) is 0. The van der Waals surface area contributed by atoms with Crippen LogP contribution in [0.2, 0.25) is 13.1 Å². The van der Waals surface area contributed by atoms with Crippen molar-refractivity contribution in [3.05, 3.63) is 140 Å². The summed E-state index contributed by atoms with van der Waals surface area (Å²) < 4.78 is 0. The summed E-state index contributed by atoms with van der Waals surface area (Å²) in [6.45, 7) is 4.95. The maximum atomic E-state index is 5.43. The quantitative estimate of drug-likeness (QED) is 0.110. The average molecular weight is 616 g/mol. The second kappa shape index (κ2) is 9.65. The number of fused-ring (bicyclic) bond motifs is 10. The van der Waals surface area contributed by atoms with Crippen molar-refractivity contribution >= 4 is 72.7 Å². The number of aromatic nitrogens is 3. The van der Waals surface area contributed by atoms with Crippen molar-refractivity contribution < 1.29 is 0 Å². The molecule has 3 aromatic heterocycles. The number of hydrogen-bond acceptors (Lipinski definition) is 3. The molecule has 0 fully saturated rings. The molecule has 0 aliphatic carbocycles. The fraction of sp³-hybridized carbons (Fsp3) is 0.0465. The lowest BCUT2D eigenvalue weighted by atomic mass is 9.88. The van der Waals surface area contributed by atoms with Gasteiger partial charge in [0.2, 0.25) is 0 Å². The van der Waals surface area contributed by atoms with E-state index in [4.69, 9.17) is 15.0 Å². The number of nitrogens with zero attached hydrogens (tertiary/aromatic N) is 3. The second-order valence-corrected chi connectivity index (χ2v) is 17.5. The van der Waals surface area contributed by atoms with Gasteiger partial charge in [0.15, 0.2) is 0 Å². The molecule has 0 spiro atoms. The highest BCUT2D eigenvalue weighted by atomic mass is 28.3. The molecule has 3 nitrogen and oxygen atoms in total. The van der Waals surface area contributed by atoms with E-state index >= 15 is 0 Å². The first-order valence-corrected chi connectivity index (χ1v) is 19.2. The van der Waals surface area contributed by atoms with Gasteiger partial charge >= 0.3 is 0 Å². The fourth-order valence-electron chi connectivity index (χ4n) is 8.18. The molecule has 9 aromatic rings. The number of hydrogen-bond donors (Lipinski definition) is 0. The minimum Gasteiger partial charge on any atom is -0.254 e. The van der Waals surface area contributed by atoms with E-state index < -0.39 is 8.07 Å². The Hall–Kier alpha value is -5.71. The van der Waals surface area contributed by atoms with E-state index in [2.05, 4.69) is 140 Å². The predicted molar refractivity (Wildman–Crippen MR) is 200 cm³/mol. The third-order valence-electron chi connectivity index (χ3n) is 10.3. The van der Waals surface area contributed by atoms with E-state index in [1.165, 1.54) is 48.4 Å². The molecule has 6 aromatic carbocycles. The molecule has 0 unspecified atom stereocenters. The Labute approximate surface area is 273 Å². The largest absolute Gasteiger partial charge is 0.254 e. The van der Waals surface area contributed by atoms with E-state index in [0.29, 0.717) is 0 Å². The van der Waals surface area contributed by atoms with Crippen molar-refractivity contribution in [2.24, 2.45) is 0 Å². The van der Waals surface area contributed by atoms with Crippen LogP contribution < -0.4 is 10.4 Å². The SMILES string of the molecule is C[Si]1(C)c2ccccc2-c2ccc3nc(-c4c5ccccc5c(-c5ccc6ccc7cccnc7c6n5)c5ccccc45)ccc3c21. The van der Waals surface area contributed by atoms with Gasteiger partial charge in [0.05, 0.1) is 27.9 Å². The zero-order valence-electron chi connectivity index (χ0n) is 26.1. The molecule has 0 saturated heterocycles. The average Bonchev–Trinajstić information content (AvgIpc) is 3.36. The standard InChI is InChI=1S/C43H29N3Si/c1-47(2)38-16-8-7-11-28(38)33-20-23-35-34(43(33)47)21-24-36(45-35)39-29-12-3-5-14-31(29)40(32-15-6-4-13-30(32)39)37-22-19-27-18-17-26-10-9-25-44-41(26)42(27)46-37/h3-25H,1-2H3. The molecule has 10 rings (SSSR count). The van der Waals surface area contributed by atoms with Gasteiger partial charge in [0.25, 0.3) is 0 Å². The van der Waals surface area contributed by atoms with Crippen LogP contribution in [0, 0.1) is 0 Å². The van der Waals surface area contributed by atoms with Gasteiger partial charge < -0.3 is 0 Å². The van der Waals surface area contributed by atoms with Gasteiger partial charge in [-0.05, 0) is 67.3 Å². The van der Waals surface area contributed by atoms with Gasteiger partial charge in [-0.25, -0.2) is 9.97 Å². The second-order valence-electron chi connectivity index (χ2n) is 13.2. The monoisotopic (exact) mass is 615 g/mol. The summed E-state index contributed by atoms with van der Waals surface area (Å²) in [6.07, 6.45) is 1.85. The van der Waals surface area contributed by atoms with Crippen molar-refractivity contribution in [2.75, 3.05) is 0 Å². The first-order valence-electron chi connectivity index (χ1n) is 16.2. The van der Waals surface area contributed by atoms with Gasteiger partial charge in [-0.1, -0.05) is 122 Å². The van der Waals surface area contributed by atoms with Crippen LogP contribution in [-0.4, -0.2) is 23.0 Å². The summed E-state index contributed by atoms with van der Waals surface area (Å²) in [6, 6.07) is 48.2. The minimum absolute atomic E-state index is 0.926. The van der Waals surface area contributed by atoms with Crippen LogP contribution in [0.3, 0.4) is 0 Å². The summed E-state index contributed by atoms with van der Waals surface area (Å²) in [5, 5.41) is 11.2. The fourth-order valence-corrected chi connectivity index (χ4v) is 11.6. The Morgan fingerprint density at radius 1 is 0.447 bits per heavy atom. The lowest BCUT2D eigenvalue weighted by Gasteiger charge is -2.21. The van der Waals surface area contributed by atoms with Crippen LogP contribution in [0.1, 0.15) is 0 Å². The van der Waals surface area contributed by atoms with E-state index in [1.807, 2.05) is 12.3 Å². The van der Waals surface area contributed by atoms with Gasteiger partial charge in [-0.2, -0.15) is 0 Å². The Morgan fingerprint density at radius 3 is 1.77 bits per heavy atom. The summed E-state index contributed by atoms with van der Waals surface area (Å²) in [7, 11) is -1.86. The molecule has 0 saturated carbocycles. The molecule has 220 valence electrons. The van der Waals surface area contributed by atoms with Gasteiger partial charge in [-0.15, -0.1) is 0 Å².